The summed E-state index contributed by atoms with van der Waals surface area (Å²) in [5, 5.41) is 3.18. The van der Waals surface area contributed by atoms with Crippen molar-refractivity contribution in [2.24, 2.45) is 0 Å². The van der Waals surface area contributed by atoms with E-state index in [1.54, 1.807) is 16.7 Å². The zero-order valence-corrected chi connectivity index (χ0v) is 11.2. The fraction of sp³-hybridized carbons (Fsp3) is 0.818. The van der Waals surface area contributed by atoms with Crippen LogP contribution in [0.5, 0.6) is 0 Å². The van der Waals surface area contributed by atoms with Crippen molar-refractivity contribution in [3.8, 4) is 0 Å². The maximum atomic E-state index is 12.2. The second-order valence-corrected chi connectivity index (χ2v) is 5.07. The van der Waals surface area contributed by atoms with Crippen molar-refractivity contribution in [1.82, 2.24) is 10.2 Å². The predicted octanol–water partition coefficient (Wildman–Crippen LogP) is 0.103. The van der Waals surface area contributed by atoms with E-state index < -0.39 is 0 Å². The monoisotopic (exact) mass is 260 g/mol. The average molecular weight is 260 g/mol. The molecule has 98 valence electrons. The highest BCUT2D eigenvalue weighted by molar-refractivity contribution is 7.99. The highest BCUT2D eigenvalue weighted by Crippen LogP contribution is 2.10. The first kappa shape index (κ1) is 14.3. The van der Waals surface area contributed by atoms with Crippen molar-refractivity contribution >= 4 is 23.6 Å². The summed E-state index contributed by atoms with van der Waals surface area (Å²) in [6.07, 6.45) is 0.836. The molecule has 1 aliphatic rings. The van der Waals surface area contributed by atoms with Gasteiger partial charge in [0.25, 0.3) is 0 Å². The third kappa shape index (κ3) is 4.55. The van der Waals surface area contributed by atoms with E-state index in [1.807, 2.05) is 6.92 Å². The van der Waals surface area contributed by atoms with Crippen LogP contribution < -0.4 is 5.32 Å². The van der Waals surface area contributed by atoms with Gasteiger partial charge in [0.15, 0.2) is 0 Å². The maximum absolute atomic E-state index is 12.2. The topological polar surface area (TPSA) is 58.6 Å². The number of ether oxygens (including phenoxy) is 1. The first-order valence-corrected chi connectivity index (χ1v) is 7.01. The van der Waals surface area contributed by atoms with Gasteiger partial charge < -0.3 is 15.0 Å². The van der Waals surface area contributed by atoms with Crippen LogP contribution >= 0.6 is 11.8 Å². The SMILES string of the molecule is CCCN(CC(=O)OC)C(=O)C1CSCCN1. The van der Waals surface area contributed by atoms with Crippen LogP contribution in [0.4, 0.5) is 0 Å². The van der Waals surface area contributed by atoms with Crippen molar-refractivity contribution in [1.29, 1.82) is 0 Å². The van der Waals surface area contributed by atoms with E-state index in [0.717, 1.165) is 24.5 Å². The maximum Gasteiger partial charge on any atom is 0.325 e. The Bertz CT molecular complexity index is 267. The zero-order valence-electron chi connectivity index (χ0n) is 10.4. The van der Waals surface area contributed by atoms with Crippen LogP contribution in [0, 0.1) is 0 Å². The molecule has 1 atom stereocenters. The minimum Gasteiger partial charge on any atom is -0.468 e. The normalized spacial score (nSPS) is 19.8. The summed E-state index contributed by atoms with van der Waals surface area (Å²) in [4.78, 5) is 25.0. The van der Waals surface area contributed by atoms with E-state index in [1.165, 1.54) is 7.11 Å². The number of hydrogen-bond donors (Lipinski definition) is 1. The van der Waals surface area contributed by atoms with Crippen LogP contribution in [0.25, 0.3) is 0 Å². The van der Waals surface area contributed by atoms with Gasteiger partial charge in [-0.05, 0) is 6.42 Å². The van der Waals surface area contributed by atoms with Gasteiger partial charge in [0.2, 0.25) is 5.91 Å². The molecule has 6 heteroatoms. The highest BCUT2D eigenvalue weighted by atomic mass is 32.2. The number of nitrogens with one attached hydrogen (secondary N) is 1. The third-order valence-corrected chi connectivity index (χ3v) is 3.63. The Morgan fingerprint density at radius 3 is 2.82 bits per heavy atom. The highest BCUT2D eigenvalue weighted by Gasteiger charge is 2.26. The minimum atomic E-state index is -0.365. The molecule has 0 radical (unpaired) electrons. The molecular weight excluding hydrogens is 240 g/mol. The zero-order chi connectivity index (χ0) is 12.7. The second-order valence-electron chi connectivity index (χ2n) is 3.92. The molecule has 1 saturated heterocycles. The lowest BCUT2D eigenvalue weighted by molar-refractivity contribution is -0.147. The van der Waals surface area contributed by atoms with E-state index in [9.17, 15) is 9.59 Å². The quantitative estimate of drug-likeness (QED) is 0.711. The fourth-order valence-corrected chi connectivity index (χ4v) is 2.63. The Balaban J connectivity index is 2.55. The molecule has 0 spiro atoms. The summed E-state index contributed by atoms with van der Waals surface area (Å²) in [6.45, 7) is 3.47. The molecule has 0 aliphatic carbocycles. The second kappa shape index (κ2) is 7.55. The van der Waals surface area contributed by atoms with Crippen molar-refractivity contribution in [3.05, 3.63) is 0 Å². The number of carbonyl (C=O) groups excluding carboxylic acids is 2. The Kier molecular flexibility index (Phi) is 6.36. The van der Waals surface area contributed by atoms with Crippen molar-refractivity contribution in [2.75, 3.05) is 38.2 Å². The van der Waals surface area contributed by atoms with Crippen molar-refractivity contribution in [3.63, 3.8) is 0 Å². The van der Waals surface area contributed by atoms with E-state index in [-0.39, 0.29) is 24.5 Å². The molecule has 1 rings (SSSR count). The van der Waals surface area contributed by atoms with Crippen LogP contribution in [-0.2, 0) is 14.3 Å². The minimum absolute atomic E-state index is 0.00412. The summed E-state index contributed by atoms with van der Waals surface area (Å²) in [6, 6.07) is -0.162. The molecule has 1 unspecified atom stereocenters. The van der Waals surface area contributed by atoms with Crippen molar-refractivity contribution < 1.29 is 14.3 Å². The van der Waals surface area contributed by atoms with Crippen LogP contribution in [-0.4, -0.2) is 61.1 Å². The van der Waals surface area contributed by atoms with E-state index in [0.29, 0.717) is 6.54 Å². The predicted molar refractivity (Wildman–Crippen MR) is 68.0 cm³/mol. The number of rotatable bonds is 5. The molecule has 0 aromatic rings. The lowest BCUT2D eigenvalue weighted by Gasteiger charge is -2.28. The van der Waals surface area contributed by atoms with Crippen molar-refractivity contribution in [2.45, 2.75) is 19.4 Å². The number of carbonyl (C=O) groups is 2. The van der Waals surface area contributed by atoms with Crippen LogP contribution in [0.1, 0.15) is 13.3 Å². The molecule has 1 N–H and O–H groups in total. The fourth-order valence-electron chi connectivity index (χ4n) is 1.70. The average Bonchev–Trinajstić information content (AvgIpc) is 2.38. The smallest absolute Gasteiger partial charge is 0.325 e. The molecule has 0 aromatic heterocycles. The van der Waals surface area contributed by atoms with Gasteiger partial charge in [0, 0.05) is 24.6 Å². The lowest BCUT2D eigenvalue weighted by atomic mass is 10.2. The Hall–Kier alpha value is -0.750. The van der Waals surface area contributed by atoms with Gasteiger partial charge in [0.1, 0.15) is 6.54 Å². The van der Waals surface area contributed by atoms with Gasteiger partial charge in [-0.3, -0.25) is 9.59 Å². The van der Waals surface area contributed by atoms with E-state index in [4.69, 9.17) is 0 Å². The number of esters is 1. The lowest BCUT2D eigenvalue weighted by Crippen LogP contribution is -2.52. The molecule has 1 aliphatic heterocycles. The van der Waals surface area contributed by atoms with E-state index >= 15 is 0 Å². The van der Waals surface area contributed by atoms with Crippen LogP contribution in [0.3, 0.4) is 0 Å². The molecule has 17 heavy (non-hydrogen) atoms. The summed E-state index contributed by atoms with van der Waals surface area (Å²) < 4.78 is 4.61. The first-order chi connectivity index (χ1) is 8.19. The Morgan fingerprint density at radius 1 is 1.53 bits per heavy atom. The van der Waals surface area contributed by atoms with Gasteiger partial charge in [-0.1, -0.05) is 6.92 Å². The molecule has 0 saturated carbocycles. The summed E-state index contributed by atoms with van der Waals surface area (Å²) in [7, 11) is 1.34. The Labute approximate surface area is 106 Å². The number of hydrogen-bond acceptors (Lipinski definition) is 5. The number of thioether (sulfide) groups is 1. The summed E-state index contributed by atoms with van der Waals surface area (Å²) in [5.41, 5.74) is 0. The molecule has 1 amide bonds. The van der Waals surface area contributed by atoms with E-state index in [2.05, 4.69) is 10.1 Å². The van der Waals surface area contributed by atoms with Gasteiger partial charge in [-0.15, -0.1) is 0 Å². The van der Waals surface area contributed by atoms with Gasteiger partial charge in [-0.2, -0.15) is 11.8 Å². The van der Waals surface area contributed by atoms with Gasteiger partial charge in [0.05, 0.1) is 13.2 Å². The standard InChI is InChI=1S/C11H20N2O3S/c1-3-5-13(7-10(14)16-2)11(15)9-8-17-6-4-12-9/h9,12H,3-8H2,1-2H3. The Morgan fingerprint density at radius 2 is 2.29 bits per heavy atom. The van der Waals surface area contributed by atoms with Gasteiger partial charge in [-0.25, -0.2) is 0 Å². The number of methoxy groups -OCH3 is 1. The first-order valence-electron chi connectivity index (χ1n) is 5.85. The third-order valence-electron chi connectivity index (χ3n) is 2.57. The van der Waals surface area contributed by atoms with Crippen LogP contribution in [0.2, 0.25) is 0 Å². The largest absolute Gasteiger partial charge is 0.468 e. The van der Waals surface area contributed by atoms with Gasteiger partial charge >= 0.3 is 5.97 Å². The molecule has 5 nitrogen and oxygen atoms in total. The van der Waals surface area contributed by atoms with Crippen LogP contribution in [0.15, 0.2) is 0 Å². The molecule has 1 heterocycles. The molecule has 0 aromatic carbocycles. The summed E-state index contributed by atoms with van der Waals surface area (Å²) in [5.74, 6) is 1.45. The summed E-state index contributed by atoms with van der Waals surface area (Å²) >= 11 is 1.77. The number of nitrogens with zero attached hydrogens (tertiary/aromatic N) is 1. The molecular formula is C11H20N2O3S. The molecule has 1 fully saturated rings. The molecule has 0 bridgehead atoms. The number of amides is 1.